The van der Waals surface area contributed by atoms with Crippen LogP contribution >= 0.6 is 23.6 Å². The second-order valence-electron chi connectivity index (χ2n) is 6.56. The van der Waals surface area contributed by atoms with Crippen LogP contribution in [0.25, 0.3) is 0 Å². The fourth-order valence-electron chi connectivity index (χ4n) is 3.17. The van der Waals surface area contributed by atoms with Crippen molar-refractivity contribution in [1.82, 2.24) is 10.6 Å². The lowest BCUT2D eigenvalue weighted by molar-refractivity contribution is -0.906. The second-order valence-corrected chi connectivity index (χ2v) is 7.94. The lowest BCUT2D eigenvalue weighted by Gasteiger charge is -2.25. The Labute approximate surface area is 165 Å². The van der Waals surface area contributed by atoms with Crippen LogP contribution < -0.4 is 15.5 Å². The van der Waals surface area contributed by atoms with Crippen molar-refractivity contribution in [3.63, 3.8) is 0 Å². The van der Waals surface area contributed by atoms with Crippen LogP contribution in [-0.4, -0.2) is 44.5 Å². The predicted octanol–water partition coefficient (Wildman–Crippen LogP) is 1.78. The van der Waals surface area contributed by atoms with Gasteiger partial charge < -0.3 is 20.3 Å². The molecule has 0 spiro atoms. The Morgan fingerprint density at radius 1 is 1.23 bits per heavy atom. The summed E-state index contributed by atoms with van der Waals surface area (Å²) in [7, 11) is 0. The number of hydrogen-bond donors (Lipinski definition) is 3. The summed E-state index contributed by atoms with van der Waals surface area (Å²) in [6.07, 6.45) is 1.06. The number of ether oxygens (including phenoxy) is 1. The fraction of sp³-hybridized carbons (Fsp3) is 0.450. The van der Waals surface area contributed by atoms with Gasteiger partial charge in [0.25, 0.3) is 0 Å². The van der Waals surface area contributed by atoms with Crippen LogP contribution in [0.3, 0.4) is 0 Å². The number of morpholine rings is 1. The van der Waals surface area contributed by atoms with E-state index >= 15 is 0 Å². The number of hydrogen-bond acceptors (Lipinski definition) is 3. The molecule has 0 aliphatic carbocycles. The molecule has 3 rings (SSSR count). The van der Waals surface area contributed by atoms with Gasteiger partial charge in [-0.15, -0.1) is 11.3 Å². The number of thiophene rings is 1. The Balaban J connectivity index is 1.57. The summed E-state index contributed by atoms with van der Waals surface area (Å²) >= 11 is 7.32. The Kier molecular flexibility index (Phi) is 7.43. The van der Waals surface area contributed by atoms with Gasteiger partial charge in [-0.2, -0.15) is 0 Å². The highest BCUT2D eigenvalue weighted by Crippen LogP contribution is 2.26. The van der Waals surface area contributed by atoms with Crippen molar-refractivity contribution >= 4 is 28.7 Å². The molecule has 6 heteroatoms. The van der Waals surface area contributed by atoms with Crippen LogP contribution in [-0.2, 0) is 11.2 Å². The van der Waals surface area contributed by atoms with Crippen molar-refractivity contribution in [2.75, 3.05) is 39.4 Å². The topological polar surface area (TPSA) is 37.7 Å². The molecular formula is C20H28N3OS2+. The fourth-order valence-corrected chi connectivity index (χ4v) is 4.19. The van der Waals surface area contributed by atoms with Gasteiger partial charge in [0.15, 0.2) is 5.11 Å². The van der Waals surface area contributed by atoms with E-state index in [0.717, 1.165) is 50.9 Å². The minimum Gasteiger partial charge on any atom is -0.370 e. The van der Waals surface area contributed by atoms with E-state index in [9.17, 15) is 0 Å². The minimum absolute atomic E-state index is 0.0941. The van der Waals surface area contributed by atoms with E-state index in [1.165, 1.54) is 16.0 Å². The lowest BCUT2D eigenvalue weighted by atomic mass is 10.0. The van der Waals surface area contributed by atoms with Crippen LogP contribution in [0.5, 0.6) is 0 Å². The molecule has 1 aromatic heterocycles. The van der Waals surface area contributed by atoms with Gasteiger partial charge in [0.2, 0.25) is 0 Å². The number of thiocarbonyl (C=S) groups is 1. The van der Waals surface area contributed by atoms with Crippen molar-refractivity contribution in [2.45, 2.75) is 19.4 Å². The van der Waals surface area contributed by atoms with E-state index in [4.69, 9.17) is 17.0 Å². The standard InChI is InChI=1S/C20H27N3OS2/c1-2-16-5-7-17(8-6-16)19(18-4-3-15-26-18)22-20(25)21-9-10-23-11-13-24-14-12-23/h3-8,15,19H,2,9-14H2,1H3,(H2,21,22,25)/p+1/t19-/m1/s1. The summed E-state index contributed by atoms with van der Waals surface area (Å²) in [4.78, 5) is 2.86. The maximum atomic E-state index is 5.57. The van der Waals surface area contributed by atoms with E-state index in [-0.39, 0.29) is 6.04 Å². The molecule has 0 saturated carbocycles. The maximum absolute atomic E-state index is 5.57. The highest BCUT2D eigenvalue weighted by molar-refractivity contribution is 7.80. The first-order chi connectivity index (χ1) is 12.8. The van der Waals surface area contributed by atoms with E-state index < -0.39 is 0 Å². The van der Waals surface area contributed by atoms with E-state index in [1.54, 1.807) is 16.2 Å². The normalized spacial score (nSPS) is 16.2. The summed E-state index contributed by atoms with van der Waals surface area (Å²) in [5.41, 5.74) is 2.60. The van der Waals surface area contributed by atoms with Gasteiger partial charge in [-0.1, -0.05) is 37.3 Å². The maximum Gasteiger partial charge on any atom is 0.167 e. The zero-order chi connectivity index (χ0) is 18.2. The largest absolute Gasteiger partial charge is 0.370 e. The molecule has 140 valence electrons. The first-order valence-corrected chi connectivity index (χ1v) is 10.6. The predicted molar refractivity (Wildman–Crippen MR) is 112 cm³/mol. The minimum atomic E-state index is 0.0941. The Morgan fingerprint density at radius 2 is 2.00 bits per heavy atom. The van der Waals surface area contributed by atoms with Gasteiger partial charge in [-0.3, -0.25) is 0 Å². The number of benzene rings is 1. The van der Waals surface area contributed by atoms with Crippen LogP contribution in [0.1, 0.15) is 29.0 Å². The quantitative estimate of drug-likeness (QED) is 0.630. The Morgan fingerprint density at radius 3 is 2.65 bits per heavy atom. The number of quaternary nitrogens is 1. The molecule has 0 bridgehead atoms. The Bertz CT molecular complexity index is 667. The molecule has 1 atom stereocenters. The van der Waals surface area contributed by atoms with E-state index in [2.05, 4.69) is 59.3 Å². The first-order valence-electron chi connectivity index (χ1n) is 9.34. The highest BCUT2D eigenvalue weighted by atomic mass is 32.1. The monoisotopic (exact) mass is 390 g/mol. The smallest absolute Gasteiger partial charge is 0.167 e. The van der Waals surface area contributed by atoms with E-state index in [0.29, 0.717) is 0 Å². The molecule has 2 heterocycles. The third-order valence-electron chi connectivity index (χ3n) is 4.79. The van der Waals surface area contributed by atoms with Gasteiger partial charge in [0, 0.05) is 4.88 Å². The summed E-state index contributed by atoms with van der Waals surface area (Å²) in [5.74, 6) is 0. The Hall–Kier alpha value is -1.47. The highest BCUT2D eigenvalue weighted by Gasteiger charge is 2.17. The zero-order valence-corrected chi connectivity index (χ0v) is 16.9. The molecule has 26 heavy (non-hydrogen) atoms. The third kappa shape index (κ3) is 5.51. The van der Waals surface area contributed by atoms with E-state index in [1.807, 2.05) is 0 Å². The number of rotatable bonds is 7. The average molecular weight is 391 g/mol. The lowest BCUT2D eigenvalue weighted by Crippen LogP contribution is -3.14. The van der Waals surface area contributed by atoms with Gasteiger partial charge >= 0.3 is 0 Å². The molecule has 1 aliphatic rings. The van der Waals surface area contributed by atoms with Gasteiger partial charge in [-0.25, -0.2) is 0 Å². The van der Waals surface area contributed by atoms with Crippen LogP contribution in [0.2, 0.25) is 0 Å². The molecule has 3 N–H and O–H groups in total. The van der Waals surface area contributed by atoms with Crippen LogP contribution in [0.15, 0.2) is 41.8 Å². The first kappa shape index (κ1) is 19.3. The van der Waals surface area contributed by atoms with Crippen molar-refractivity contribution < 1.29 is 9.64 Å². The summed E-state index contributed by atoms with van der Waals surface area (Å²) in [6, 6.07) is 13.2. The molecule has 1 aliphatic heterocycles. The van der Waals surface area contributed by atoms with Gasteiger partial charge in [0.05, 0.1) is 32.3 Å². The van der Waals surface area contributed by atoms with Gasteiger partial charge in [-0.05, 0) is 41.2 Å². The molecule has 1 saturated heterocycles. The average Bonchev–Trinajstić information content (AvgIpc) is 3.22. The molecule has 0 amide bonds. The molecule has 2 aromatic rings. The zero-order valence-electron chi connectivity index (χ0n) is 15.3. The molecule has 0 unspecified atom stereocenters. The van der Waals surface area contributed by atoms with Gasteiger partial charge in [0.1, 0.15) is 13.1 Å². The summed E-state index contributed by atoms with van der Waals surface area (Å²) < 4.78 is 5.41. The SMILES string of the molecule is CCc1ccc([C@@H](NC(=S)NCC[NH+]2CCOCC2)c2cccs2)cc1. The van der Waals surface area contributed by atoms with Crippen molar-refractivity contribution in [3.05, 3.63) is 57.8 Å². The van der Waals surface area contributed by atoms with Crippen molar-refractivity contribution in [1.29, 1.82) is 0 Å². The van der Waals surface area contributed by atoms with Crippen LogP contribution in [0.4, 0.5) is 0 Å². The number of aryl methyl sites for hydroxylation is 1. The summed E-state index contributed by atoms with van der Waals surface area (Å²) in [6.45, 7) is 8.04. The number of nitrogens with one attached hydrogen (secondary N) is 3. The summed E-state index contributed by atoms with van der Waals surface area (Å²) in [5, 5.41) is 9.72. The van der Waals surface area contributed by atoms with Crippen LogP contribution in [0, 0.1) is 0 Å². The second kappa shape index (κ2) is 10.0. The molecule has 1 fully saturated rings. The molecule has 0 radical (unpaired) electrons. The van der Waals surface area contributed by atoms with Crippen molar-refractivity contribution in [2.24, 2.45) is 0 Å². The molecule has 1 aromatic carbocycles. The third-order valence-corrected chi connectivity index (χ3v) is 5.99. The molecular weight excluding hydrogens is 362 g/mol. The van der Waals surface area contributed by atoms with Crippen molar-refractivity contribution in [3.8, 4) is 0 Å². The molecule has 4 nitrogen and oxygen atoms in total.